The van der Waals surface area contributed by atoms with E-state index in [1.54, 1.807) is 24.3 Å². The summed E-state index contributed by atoms with van der Waals surface area (Å²) in [4.78, 5) is 0. The van der Waals surface area contributed by atoms with Crippen LogP contribution in [0.4, 0.5) is 0 Å². The smallest absolute Gasteiger partial charge is 0.537 e. The summed E-state index contributed by atoms with van der Waals surface area (Å²) in [7, 11) is 0.628. The van der Waals surface area contributed by atoms with E-state index in [9.17, 15) is 0 Å². The zero-order valence-electron chi connectivity index (χ0n) is 45.0. The van der Waals surface area contributed by atoms with Crippen LogP contribution in [0.25, 0.3) is 67.8 Å². The highest BCUT2D eigenvalue weighted by atomic mass is 79.9. The van der Waals surface area contributed by atoms with Crippen molar-refractivity contribution in [3.63, 3.8) is 0 Å². The summed E-state index contributed by atoms with van der Waals surface area (Å²) in [5.74, 6) is 0.562. The highest BCUT2D eigenvalue weighted by Crippen LogP contribution is 2.53. The maximum absolute atomic E-state index is 8.21. The van der Waals surface area contributed by atoms with Crippen LogP contribution in [-0.4, -0.2) is 12.7 Å². The van der Waals surface area contributed by atoms with E-state index in [1.165, 1.54) is 105 Å². The predicted molar refractivity (Wildman–Crippen MR) is 351 cm³/mol. The molecule has 0 atom stereocenters. The van der Waals surface area contributed by atoms with E-state index in [1.807, 2.05) is 36.4 Å². The summed E-state index contributed by atoms with van der Waals surface area (Å²) in [6.45, 7) is 7.87. The van der Waals surface area contributed by atoms with Crippen molar-refractivity contribution in [2.45, 2.75) is 31.1 Å². The second kappa shape index (κ2) is 25.5. The molecule has 14 rings (SSSR count). The Morgan fingerprint density at radius 2 is 0.817 bits per heavy atom. The van der Waals surface area contributed by atoms with Crippen LogP contribution in [0.2, 0.25) is 15.1 Å². The fourth-order valence-electron chi connectivity index (χ4n) is 11.6. The second-order valence-corrected chi connectivity index (χ2v) is 22.9. The third kappa shape index (κ3) is 12.4. The van der Waals surface area contributed by atoms with E-state index >= 15 is 0 Å². The molecule has 0 unspecified atom stereocenters. The van der Waals surface area contributed by atoms with Crippen LogP contribution in [-0.2, 0) is 31.1 Å². The van der Waals surface area contributed by atoms with Crippen LogP contribution in [0, 0.1) is 0 Å². The first-order chi connectivity index (χ1) is 40.1. The average molecular weight is 1190 g/mol. The number of rotatable bonds is 10. The minimum Gasteiger partial charge on any atom is -0.537 e. The molecule has 3 aliphatic rings. The van der Waals surface area contributed by atoms with Gasteiger partial charge in [-0.15, -0.1) is 0 Å². The molecule has 7 heteroatoms. The topological polar surface area (TPSA) is 29.5 Å². The molecule has 0 heterocycles. The summed E-state index contributed by atoms with van der Waals surface area (Å²) in [6.07, 6.45) is 7.72. The van der Waals surface area contributed by atoms with Gasteiger partial charge in [0.05, 0.1) is 0 Å². The number of hydrogen-bond donors (Lipinski definition) is 1. The maximum atomic E-state index is 8.21. The molecule has 399 valence electrons. The Hall–Kier alpha value is -7.93. The van der Waals surface area contributed by atoms with Crippen LogP contribution in [0.3, 0.4) is 0 Å². The SMILES string of the molecule is Brc1ccc2c(c1)Cc1ccccc1-2.C=Cc1ccc(CC2(Cc3ccc(C=C)cc3)c3ccccc3-c3ccc(-c4ccc(Cl)cc4)cc32)cc1.Clc1ccc(-c2ccc3c(c2)Cc2ccccc2-3)cc1.O[B]Oc1ccc(Cl)cc1. The molecule has 3 aliphatic carbocycles. The molecule has 0 bridgehead atoms. The molecule has 0 spiro atoms. The summed E-state index contributed by atoms with van der Waals surface area (Å²) >= 11 is 21.3. The van der Waals surface area contributed by atoms with Gasteiger partial charge in [-0.2, -0.15) is 0 Å². The molecule has 0 amide bonds. The zero-order valence-corrected chi connectivity index (χ0v) is 48.9. The van der Waals surface area contributed by atoms with E-state index in [0.717, 1.165) is 46.9 Å². The Morgan fingerprint density at radius 3 is 1.33 bits per heavy atom. The number of fused-ring (bicyclic) bond motifs is 9. The first kappa shape index (κ1) is 56.0. The van der Waals surface area contributed by atoms with Gasteiger partial charge in [-0.05, 0) is 204 Å². The molecule has 11 aromatic carbocycles. The first-order valence-corrected chi connectivity index (χ1v) is 29.2. The van der Waals surface area contributed by atoms with E-state index in [4.69, 9.17) is 39.8 Å². The van der Waals surface area contributed by atoms with Crippen LogP contribution >= 0.6 is 50.7 Å². The number of benzene rings is 11. The molecular formula is C75H56BBrCl3O2. The Balaban J connectivity index is 0.000000132. The molecular weight excluding hydrogens is 1130 g/mol. The molecule has 0 aliphatic heterocycles. The van der Waals surface area contributed by atoms with Crippen molar-refractivity contribution in [3.05, 3.63) is 337 Å². The van der Waals surface area contributed by atoms with Gasteiger partial charge >= 0.3 is 7.69 Å². The lowest BCUT2D eigenvalue weighted by Crippen LogP contribution is -2.31. The fourth-order valence-corrected chi connectivity index (χ4v) is 12.4. The molecule has 0 fully saturated rings. The first-order valence-electron chi connectivity index (χ1n) is 27.2. The second-order valence-electron chi connectivity index (χ2n) is 20.7. The van der Waals surface area contributed by atoms with Gasteiger partial charge in [0.2, 0.25) is 0 Å². The average Bonchev–Trinajstić information content (AvgIpc) is 3.29. The quantitative estimate of drug-likeness (QED) is 0.138. The van der Waals surface area contributed by atoms with Gasteiger partial charge in [0.15, 0.2) is 0 Å². The summed E-state index contributed by atoms with van der Waals surface area (Å²) in [5, 5.41) is 10.4. The maximum Gasteiger partial charge on any atom is 0.569 e. The minimum absolute atomic E-state index is 0.209. The van der Waals surface area contributed by atoms with Gasteiger partial charge in [-0.1, -0.05) is 258 Å². The van der Waals surface area contributed by atoms with Gasteiger partial charge in [-0.3, -0.25) is 0 Å². The molecule has 1 N–H and O–H groups in total. The summed E-state index contributed by atoms with van der Waals surface area (Å²) in [6, 6.07) is 87.0. The monoisotopic (exact) mass is 1180 g/mol. The van der Waals surface area contributed by atoms with Crippen molar-refractivity contribution in [1.82, 2.24) is 0 Å². The standard InChI is InChI=1S/C37H29Cl.C19H13Cl.C13H9Br.C6H5BClO2/c1-3-26-9-13-28(14-10-26)24-37(25-29-15-11-27(4-2)12-16-29)35-8-6-5-7-33(35)34-22-19-31(23-36(34)37)30-17-20-32(38)21-18-30;20-17-8-5-13(6-9-17)14-7-10-19-16(11-14)12-15-3-1-2-4-18(15)19;14-11-5-6-13-10(8-11)7-9-3-1-2-4-12(9)13;8-5-1-3-6(4-2-5)10-7-9/h3-23H,1-2,24-25H2;1-11H,12H2;1-6,8H,7H2;1-4,9H. The Morgan fingerprint density at radius 1 is 0.415 bits per heavy atom. The number of halogens is 4. The van der Waals surface area contributed by atoms with Gasteiger partial charge in [0.1, 0.15) is 5.75 Å². The Labute approximate surface area is 506 Å². The lowest BCUT2D eigenvalue weighted by Gasteiger charge is -2.33. The van der Waals surface area contributed by atoms with E-state index < -0.39 is 0 Å². The number of hydrogen-bond acceptors (Lipinski definition) is 2. The van der Waals surface area contributed by atoms with Gasteiger partial charge in [0, 0.05) is 25.0 Å². The molecule has 11 aromatic rings. The minimum atomic E-state index is -0.209. The van der Waals surface area contributed by atoms with Gasteiger partial charge in [0.25, 0.3) is 0 Å². The van der Waals surface area contributed by atoms with Crippen LogP contribution in [0.1, 0.15) is 55.6 Å². The van der Waals surface area contributed by atoms with E-state index in [0.29, 0.717) is 18.5 Å². The van der Waals surface area contributed by atoms with Crippen molar-refractivity contribution < 1.29 is 9.68 Å². The lowest BCUT2D eigenvalue weighted by atomic mass is 9.69. The Kier molecular flexibility index (Phi) is 17.4. The fraction of sp³-hybridized carbons (Fsp3) is 0.0667. The van der Waals surface area contributed by atoms with E-state index in [-0.39, 0.29) is 5.41 Å². The largest absolute Gasteiger partial charge is 0.569 e. The highest BCUT2D eigenvalue weighted by molar-refractivity contribution is 9.10. The van der Waals surface area contributed by atoms with Gasteiger partial charge in [-0.25, -0.2) is 0 Å². The van der Waals surface area contributed by atoms with E-state index in [2.05, 4.69) is 234 Å². The zero-order chi connectivity index (χ0) is 56.6. The molecule has 1 radical (unpaired) electrons. The van der Waals surface area contributed by atoms with Crippen molar-refractivity contribution >= 4 is 70.6 Å². The predicted octanol–water partition coefficient (Wildman–Crippen LogP) is 20.9. The van der Waals surface area contributed by atoms with Gasteiger partial charge < -0.3 is 9.68 Å². The molecule has 0 aromatic heterocycles. The van der Waals surface area contributed by atoms with Crippen molar-refractivity contribution in [2.24, 2.45) is 0 Å². The van der Waals surface area contributed by atoms with Crippen LogP contribution < -0.4 is 4.65 Å². The van der Waals surface area contributed by atoms with Crippen molar-refractivity contribution in [1.29, 1.82) is 0 Å². The van der Waals surface area contributed by atoms with Crippen molar-refractivity contribution in [3.8, 4) is 61.4 Å². The molecule has 2 nitrogen and oxygen atoms in total. The Bertz CT molecular complexity index is 4010. The van der Waals surface area contributed by atoms with Crippen molar-refractivity contribution in [2.75, 3.05) is 0 Å². The normalized spacial score (nSPS) is 12.2. The highest BCUT2D eigenvalue weighted by Gasteiger charge is 2.43. The third-order valence-corrected chi connectivity index (χ3v) is 16.9. The third-order valence-electron chi connectivity index (χ3n) is 15.6. The lowest BCUT2D eigenvalue weighted by molar-refractivity contribution is 0.454. The summed E-state index contributed by atoms with van der Waals surface area (Å²) in [5.41, 5.74) is 26.2. The molecule has 0 saturated carbocycles. The molecule has 0 saturated heterocycles. The van der Waals surface area contributed by atoms with Crippen LogP contribution in [0.5, 0.6) is 5.75 Å². The summed E-state index contributed by atoms with van der Waals surface area (Å²) < 4.78 is 5.80. The molecule has 82 heavy (non-hydrogen) atoms. The van der Waals surface area contributed by atoms with Crippen LogP contribution in [0.15, 0.2) is 266 Å².